The average molecular weight is 299 g/mol. The topological polar surface area (TPSA) is 91.3 Å². The molecule has 2 unspecified atom stereocenters. The van der Waals surface area contributed by atoms with Gasteiger partial charge in [0.1, 0.15) is 5.01 Å². The Morgan fingerprint density at radius 2 is 2.15 bits per heavy atom. The van der Waals surface area contributed by atoms with Crippen LogP contribution in [-0.4, -0.2) is 28.6 Å². The Kier molecular flexibility index (Phi) is 6.44. The highest BCUT2D eigenvalue weighted by Gasteiger charge is 2.13. The Hall–Kier alpha value is -1.63. The van der Waals surface area contributed by atoms with E-state index in [0.717, 1.165) is 9.88 Å². The van der Waals surface area contributed by atoms with Gasteiger partial charge in [-0.3, -0.25) is 4.79 Å². The average Bonchev–Trinajstić information content (AvgIpc) is 2.80. The molecule has 2 amide bonds. The Balaban J connectivity index is 2.27. The fourth-order valence-electron chi connectivity index (χ4n) is 1.62. The van der Waals surface area contributed by atoms with E-state index in [1.165, 1.54) is 0 Å². The number of amides is 2. The number of carbonyl (C=O) groups is 2. The maximum Gasteiger partial charge on any atom is 0.315 e. The number of nitrogens with zero attached hydrogens (tertiary/aromatic N) is 1. The number of urea groups is 1. The maximum atomic E-state index is 11.7. The standard InChI is InChI=1S/C13H21N3O3S/c1-8(4-5-11(17)18)6-15-13(19)16-10(3)12-14-7-9(2)20-12/h7-8,10H,4-6H2,1-3H3,(H,17,18)(H2,15,16,19). The summed E-state index contributed by atoms with van der Waals surface area (Å²) in [5, 5.41) is 15.0. The van der Waals surface area contributed by atoms with Crippen molar-refractivity contribution in [1.29, 1.82) is 0 Å². The van der Waals surface area contributed by atoms with Crippen LogP contribution in [-0.2, 0) is 4.79 Å². The number of aryl methyl sites for hydroxylation is 1. The molecule has 1 aromatic heterocycles. The lowest BCUT2D eigenvalue weighted by Gasteiger charge is -2.15. The molecule has 1 aromatic rings. The molecule has 0 aliphatic heterocycles. The van der Waals surface area contributed by atoms with Gasteiger partial charge in [0, 0.05) is 24.0 Å². The molecule has 20 heavy (non-hydrogen) atoms. The van der Waals surface area contributed by atoms with E-state index in [9.17, 15) is 9.59 Å². The molecule has 1 heterocycles. The van der Waals surface area contributed by atoms with Crippen LogP contribution >= 0.6 is 11.3 Å². The fraction of sp³-hybridized carbons (Fsp3) is 0.615. The summed E-state index contributed by atoms with van der Waals surface area (Å²) in [4.78, 5) is 27.5. The van der Waals surface area contributed by atoms with Gasteiger partial charge in [-0.1, -0.05) is 6.92 Å². The van der Waals surface area contributed by atoms with Crippen LogP contribution in [0.3, 0.4) is 0 Å². The summed E-state index contributed by atoms with van der Waals surface area (Å²) in [7, 11) is 0. The molecule has 112 valence electrons. The van der Waals surface area contributed by atoms with E-state index in [2.05, 4.69) is 15.6 Å². The Labute approximate surface area is 122 Å². The third-order valence-electron chi connectivity index (χ3n) is 2.82. The van der Waals surface area contributed by atoms with Crippen LogP contribution in [0.15, 0.2) is 6.20 Å². The molecule has 1 rings (SSSR count). The van der Waals surface area contributed by atoms with Gasteiger partial charge in [0.25, 0.3) is 0 Å². The number of aromatic nitrogens is 1. The predicted octanol–water partition coefficient (Wildman–Crippen LogP) is 2.31. The van der Waals surface area contributed by atoms with Gasteiger partial charge in [-0.15, -0.1) is 11.3 Å². The highest BCUT2D eigenvalue weighted by Crippen LogP contribution is 2.18. The zero-order chi connectivity index (χ0) is 15.1. The van der Waals surface area contributed by atoms with Gasteiger partial charge in [0.15, 0.2) is 0 Å². The summed E-state index contributed by atoms with van der Waals surface area (Å²) in [6.07, 6.45) is 2.46. The second-order valence-corrected chi connectivity index (χ2v) is 6.19. The van der Waals surface area contributed by atoms with E-state index >= 15 is 0 Å². The van der Waals surface area contributed by atoms with Crippen molar-refractivity contribution in [2.45, 2.75) is 39.7 Å². The van der Waals surface area contributed by atoms with Crippen molar-refractivity contribution in [2.24, 2.45) is 5.92 Å². The van der Waals surface area contributed by atoms with E-state index in [1.807, 2.05) is 20.8 Å². The molecule has 0 spiro atoms. The minimum absolute atomic E-state index is 0.124. The van der Waals surface area contributed by atoms with E-state index in [1.54, 1.807) is 17.5 Å². The number of carbonyl (C=O) groups excluding carboxylic acids is 1. The number of nitrogens with one attached hydrogen (secondary N) is 2. The second kappa shape index (κ2) is 7.84. The smallest absolute Gasteiger partial charge is 0.315 e. The lowest BCUT2D eigenvalue weighted by molar-refractivity contribution is -0.137. The normalized spacial score (nSPS) is 13.6. The summed E-state index contributed by atoms with van der Waals surface area (Å²) in [6, 6.07) is -0.393. The van der Waals surface area contributed by atoms with Crippen LogP contribution in [0.5, 0.6) is 0 Å². The minimum atomic E-state index is -0.811. The lowest BCUT2D eigenvalue weighted by atomic mass is 10.1. The van der Waals surface area contributed by atoms with Crippen molar-refractivity contribution in [3.8, 4) is 0 Å². The highest BCUT2D eigenvalue weighted by molar-refractivity contribution is 7.11. The first-order valence-electron chi connectivity index (χ1n) is 6.57. The minimum Gasteiger partial charge on any atom is -0.481 e. The molecule has 3 N–H and O–H groups in total. The molecule has 0 bridgehead atoms. The first kappa shape index (κ1) is 16.4. The van der Waals surface area contributed by atoms with Gasteiger partial charge in [-0.05, 0) is 26.2 Å². The number of thiazole rings is 1. The molecule has 6 nitrogen and oxygen atoms in total. The van der Waals surface area contributed by atoms with Crippen molar-refractivity contribution in [3.05, 3.63) is 16.1 Å². The first-order chi connectivity index (χ1) is 9.38. The van der Waals surface area contributed by atoms with Crippen molar-refractivity contribution >= 4 is 23.3 Å². The van der Waals surface area contributed by atoms with Gasteiger partial charge in [-0.2, -0.15) is 0 Å². The van der Waals surface area contributed by atoms with Crippen LogP contribution in [0.2, 0.25) is 0 Å². The van der Waals surface area contributed by atoms with E-state index in [-0.39, 0.29) is 24.4 Å². The molecule has 0 fully saturated rings. The molecule has 0 radical (unpaired) electrons. The van der Waals surface area contributed by atoms with E-state index in [0.29, 0.717) is 13.0 Å². The third-order valence-corrected chi connectivity index (χ3v) is 3.91. The zero-order valence-electron chi connectivity index (χ0n) is 12.0. The number of aliphatic carboxylic acids is 1. The molecule has 0 aromatic carbocycles. The second-order valence-electron chi connectivity index (χ2n) is 4.92. The SMILES string of the molecule is Cc1cnc(C(C)NC(=O)NCC(C)CCC(=O)O)s1. The molecule has 0 saturated heterocycles. The highest BCUT2D eigenvalue weighted by atomic mass is 32.1. The third kappa shape index (κ3) is 6.01. The zero-order valence-corrected chi connectivity index (χ0v) is 12.8. The fourth-order valence-corrected chi connectivity index (χ4v) is 2.40. The summed E-state index contributed by atoms with van der Waals surface area (Å²) >= 11 is 1.55. The van der Waals surface area contributed by atoms with Crippen LogP contribution in [0.1, 0.15) is 42.6 Å². The summed E-state index contributed by atoms with van der Waals surface area (Å²) in [6.45, 7) is 6.23. The van der Waals surface area contributed by atoms with Gasteiger partial charge >= 0.3 is 12.0 Å². The van der Waals surface area contributed by atoms with Crippen LogP contribution in [0.4, 0.5) is 4.79 Å². The number of rotatable bonds is 7. The van der Waals surface area contributed by atoms with Crippen molar-refractivity contribution in [3.63, 3.8) is 0 Å². The van der Waals surface area contributed by atoms with E-state index in [4.69, 9.17) is 5.11 Å². The van der Waals surface area contributed by atoms with Crippen LogP contribution in [0.25, 0.3) is 0 Å². The molecule has 2 atom stereocenters. The van der Waals surface area contributed by atoms with Crippen molar-refractivity contribution < 1.29 is 14.7 Å². The van der Waals surface area contributed by atoms with Gasteiger partial charge in [0.05, 0.1) is 6.04 Å². The summed E-state index contributed by atoms with van der Waals surface area (Å²) < 4.78 is 0. The predicted molar refractivity (Wildman–Crippen MR) is 77.8 cm³/mol. The van der Waals surface area contributed by atoms with Gasteiger partial charge in [0.2, 0.25) is 0 Å². The quantitative estimate of drug-likeness (QED) is 0.720. The number of carboxylic acids is 1. The number of hydrogen-bond acceptors (Lipinski definition) is 4. The molecule has 0 aliphatic rings. The lowest BCUT2D eigenvalue weighted by Crippen LogP contribution is -2.39. The number of carboxylic acid groups (broad SMARTS) is 1. The molecular weight excluding hydrogens is 278 g/mol. The van der Waals surface area contributed by atoms with Crippen molar-refractivity contribution in [2.75, 3.05) is 6.54 Å². The van der Waals surface area contributed by atoms with Gasteiger partial charge in [-0.25, -0.2) is 9.78 Å². The van der Waals surface area contributed by atoms with Gasteiger partial charge < -0.3 is 15.7 Å². The Bertz CT molecular complexity index is 461. The maximum absolute atomic E-state index is 11.7. The summed E-state index contributed by atoms with van der Waals surface area (Å²) in [5.74, 6) is -0.677. The molecular formula is C13H21N3O3S. The largest absolute Gasteiger partial charge is 0.481 e. The van der Waals surface area contributed by atoms with Crippen molar-refractivity contribution in [1.82, 2.24) is 15.6 Å². The van der Waals surface area contributed by atoms with Crippen LogP contribution in [0, 0.1) is 12.8 Å². The summed E-state index contributed by atoms with van der Waals surface area (Å²) in [5.41, 5.74) is 0. The molecule has 0 aliphatic carbocycles. The van der Waals surface area contributed by atoms with E-state index < -0.39 is 5.97 Å². The Morgan fingerprint density at radius 3 is 2.70 bits per heavy atom. The first-order valence-corrected chi connectivity index (χ1v) is 7.38. The molecule has 7 heteroatoms. The Morgan fingerprint density at radius 1 is 1.45 bits per heavy atom. The molecule has 0 saturated carbocycles. The van der Waals surface area contributed by atoms with Crippen LogP contribution < -0.4 is 10.6 Å². The monoisotopic (exact) mass is 299 g/mol. The number of hydrogen-bond donors (Lipinski definition) is 3.